The van der Waals surface area contributed by atoms with Gasteiger partial charge in [-0.25, -0.2) is 8.42 Å². The summed E-state index contributed by atoms with van der Waals surface area (Å²) in [4.78, 5) is 12.8. The zero-order valence-electron chi connectivity index (χ0n) is 19.1. The predicted octanol–water partition coefficient (Wildman–Crippen LogP) is 4.91. The molecule has 0 saturated heterocycles. The molecule has 0 aromatic heterocycles. The molecule has 1 amide bonds. The van der Waals surface area contributed by atoms with Crippen molar-refractivity contribution < 1.29 is 22.7 Å². The van der Waals surface area contributed by atoms with Crippen molar-refractivity contribution in [2.24, 2.45) is 0 Å². The summed E-state index contributed by atoms with van der Waals surface area (Å²) in [7, 11) is -2.18. The van der Waals surface area contributed by atoms with E-state index in [2.05, 4.69) is 10.0 Å². The Morgan fingerprint density at radius 3 is 2.06 bits per heavy atom. The number of aryl methyl sites for hydroxylation is 2. The summed E-state index contributed by atoms with van der Waals surface area (Å²) in [5.74, 6) is 0.927. The molecule has 33 heavy (non-hydrogen) atoms. The first kappa shape index (κ1) is 24.1. The summed E-state index contributed by atoms with van der Waals surface area (Å²) < 4.78 is 38.9. The maximum Gasteiger partial charge on any atom is 0.265 e. The number of amides is 1. The Hall–Kier alpha value is -3.52. The van der Waals surface area contributed by atoms with Crippen molar-refractivity contribution in [1.82, 2.24) is 0 Å². The SMILES string of the molecule is CC[C@H](Oc1ccc(OC)cc1)C(=O)Nc1ccc(S(=O)(=O)Nc2ccc(C)c(C)c2)cc1. The van der Waals surface area contributed by atoms with Crippen molar-refractivity contribution in [1.29, 1.82) is 0 Å². The lowest BCUT2D eigenvalue weighted by Gasteiger charge is -2.17. The van der Waals surface area contributed by atoms with Gasteiger partial charge in [0.15, 0.2) is 6.10 Å². The smallest absolute Gasteiger partial charge is 0.265 e. The lowest BCUT2D eigenvalue weighted by molar-refractivity contribution is -0.122. The molecule has 174 valence electrons. The van der Waals surface area contributed by atoms with Crippen LogP contribution < -0.4 is 19.5 Å². The van der Waals surface area contributed by atoms with Crippen molar-refractivity contribution in [3.8, 4) is 11.5 Å². The van der Waals surface area contributed by atoms with Gasteiger partial charge in [0.25, 0.3) is 15.9 Å². The molecule has 0 heterocycles. The highest BCUT2D eigenvalue weighted by Crippen LogP contribution is 2.22. The number of nitrogens with one attached hydrogen (secondary N) is 2. The van der Waals surface area contributed by atoms with Gasteiger partial charge in [-0.05, 0) is 92.1 Å². The normalized spacial score (nSPS) is 12.0. The average molecular weight is 469 g/mol. The van der Waals surface area contributed by atoms with Crippen molar-refractivity contribution in [2.45, 2.75) is 38.2 Å². The Labute approximate surface area is 194 Å². The van der Waals surface area contributed by atoms with Crippen molar-refractivity contribution >= 4 is 27.3 Å². The van der Waals surface area contributed by atoms with Crippen LogP contribution in [0.3, 0.4) is 0 Å². The molecule has 2 N–H and O–H groups in total. The van der Waals surface area contributed by atoms with Crippen LogP contribution >= 0.6 is 0 Å². The molecule has 0 saturated carbocycles. The van der Waals surface area contributed by atoms with Crippen LogP contribution in [0.25, 0.3) is 0 Å². The van der Waals surface area contributed by atoms with Gasteiger partial charge in [0.05, 0.1) is 12.0 Å². The van der Waals surface area contributed by atoms with Crippen LogP contribution in [0.5, 0.6) is 11.5 Å². The number of anilines is 2. The molecule has 7 nitrogen and oxygen atoms in total. The zero-order valence-corrected chi connectivity index (χ0v) is 19.9. The molecule has 0 radical (unpaired) electrons. The van der Waals surface area contributed by atoms with E-state index < -0.39 is 16.1 Å². The van der Waals surface area contributed by atoms with Gasteiger partial charge in [0, 0.05) is 11.4 Å². The van der Waals surface area contributed by atoms with Gasteiger partial charge in [0.1, 0.15) is 11.5 Å². The molecule has 0 fully saturated rings. The topological polar surface area (TPSA) is 93.7 Å². The fraction of sp³-hybridized carbons (Fsp3) is 0.240. The number of hydrogen-bond acceptors (Lipinski definition) is 5. The standard InChI is InChI=1S/C25H28N2O5S/c1-5-24(32-22-12-10-21(31-4)11-13-22)25(28)26-19-8-14-23(15-9-19)33(29,30)27-20-7-6-17(2)18(3)16-20/h6-16,24,27H,5H2,1-4H3,(H,26,28)/t24-/m0/s1. The second kappa shape index (κ2) is 10.4. The first-order chi connectivity index (χ1) is 15.7. The van der Waals surface area contributed by atoms with Crippen molar-refractivity contribution in [3.05, 3.63) is 77.9 Å². The Balaban J connectivity index is 1.65. The Morgan fingerprint density at radius 2 is 1.48 bits per heavy atom. The second-order valence-corrected chi connectivity index (χ2v) is 9.29. The summed E-state index contributed by atoms with van der Waals surface area (Å²) in [5.41, 5.74) is 3.05. The van der Waals surface area contributed by atoms with E-state index >= 15 is 0 Å². The molecule has 3 aromatic carbocycles. The van der Waals surface area contributed by atoms with Crippen LogP contribution in [-0.2, 0) is 14.8 Å². The van der Waals surface area contributed by atoms with Gasteiger partial charge in [-0.15, -0.1) is 0 Å². The first-order valence-electron chi connectivity index (χ1n) is 10.5. The molecule has 0 spiro atoms. The number of benzene rings is 3. The van der Waals surface area contributed by atoms with Crippen LogP contribution in [-0.4, -0.2) is 27.5 Å². The minimum Gasteiger partial charge on any atom is -0.497 e. The lowest BCUT2D eigenvalue weighted by atomic mass is 10.1. The molecule has 0 aliphatic rings. The second-order valence-electron chi connectivity index (χ2n) is 7.61. The number of methoxy groups -OCH3 is 1. The number of ether oxygens (including phenoxy) is 2. The van der Waals surface area contributed by atoms with Gasteiger partial charge in [-0.3, -0.25) is 9.52 Å². The van der Waals surface area contributed by atoms with Gasteiger partial charge < -0.3 is 14.8 Å². The summed E-state index contributed by atoms with van der Waals surface area (Å²) in [5, 5.41) is 2.77. The first-order valence-corrected chi connectivity index (χ1v) is 12.0. The number of hydrogen-bond donors (Lipinski definition) is 2. The lowest BCUT2D eigenvalue weighted by Crippen LogP contribution is -2.32. The molecular formula is C25H28N2O5S. The molecule has 0 bridgehead atoms. The monoisotopic (exact) mass is 468 g/mol. The highest BCUT2D eigenvalue weighted by molar-refractivity contribution is 7.92. The van der Waals surface area contributed by atoms with Crippen LogP contribution in [0.1, 0.15) is 24.5 Å². The predicted molar refractivity (Wildman–Crippen MR) is 129 cm³/mol. The molecule has 0 aliphatic carbocycles. The maximum absolute atomic E-state index is 12.7. The van der Waals surface area contributed by atoms with Gasteiger partial charge in [-0.2, -0.15) is 0 Å². The van der Waals surface area contributed by atoms with Crippen LogP contribution in [0.4, 0.5) is 11.4 Å². The van der Waals surface area contributed by atoms with E-state index in [0.717, 1.165) is 11.1 Å². The number of rotatable bonds is 9. The average Bonchev–Trinajstić information content (AvgIpc) is 2.80. The summed E-state index contributed by atoms with van der Waals surface area (Å²) >= 11 is 0. The number of carbonyl (C=O) groups is 1. The van der Waals surface area contributed by atoms with Gasteiger partial charge in [0.2, 0.25) is 0 Å². The van der Waals surface area contributed by atoms with E-state index in [0.29, 0.717) is 29.3 Å². The highest BCUT2D eigenvalue weighted by Gasteiger charge is 2.20. The van der Waals surface area contributed by atoms with E-state index in [1.54, 1.807) is 55.6 Å². The van der Waals surface area contributed by atoms with Crippen LogP contribution in [0.15, 0.2) is 71.6 Å². The maximum atomic E-state index is 12.7. The van der Waals surface area contributed by atoms with Gasteiger partial charge >= 0.3 is 0 Å². The van der Waals surface area contributed by atoms with E-state index in [9.17, 15) is 13.2 Å². The molecule has 0 unspecified atom stereocenters. The third kappa shape index (κ3) is 6.26. The molecule has 3 aromatic rings. The molecule has 3 rings (SSSR count). The van der Waals surface area contributed by atoms with Gasteiger partial charge in [-0.1, -0.05) is 13.0 Å². The Morgan fingerprint density at radius 1 is 0.879 bits per heavy atom. The minimum absolute atomic E-state index is 0.0975. The highest BCUT2D eigenvalue weighted by atomic mass is 32.2. The summed E-state index contributed by atoms with van der Waals surface area (Å²) in [6.45, 7) is 5.74. The van der Waals surface area contributed by atoms with Crippen LogP contribution in [0, 0.1) is 13.8 Å². The molecule has 0 aliphatic heterocycles. The summed E-state index contributed by atoms with van der Waals surface area (Å²) in [6.07, 6.45) is -0.238. The Bertz CT molecular complexity index is 1210. The quantitative estimate of drug-likeness (QED) is 0.465. The minimum atomic E-state index is -3.75. The largest absolute Gasteiger partial charge is 0.497 e. The van der Waals surface area contributed by atoms with Crippen molar-refractivity contribution in [3.63, 3.8) is 0 Å². The third-order valence-corrected chi connectivity index (χ3v) is 6.59. The van der Waals surface area contributed by atoms with Crippen molar-refractivity contribution in [2.75, 3.05) is 17.1 Å². The fourth-order valence-corrected chi connectivity index (χ4v) is 4.15. The Kier molecular flexibility index (Phi) is 7.60. The van der Waals surface area contributed by atoms with E-state index in [-0.39, 0.29) is 10.8 Å². The number of sulfonamides is 1. The summed E-state index contributed by atoms with van der Waals surface area (Å²) in [6, 6.07) is 18.3. The van der Waals surface area contributed by atoms with E-state index in [1.165, 1.54) is 12.1 Å². The van der Waals surface area contributed by atoms with Crippen LogP contribution in [0.2, 0.25) is 0 Å². The molecular weight excluding hydrogens is 440 g/mol. The number of carbonyl (C=O) groups excluding carboxylic acids is 1. The molecule has 1 atom stereocenters. The van der Waals surface area contributed by atoms with E-state index in [1.807, 2.05) is 26.8 Å². The third-order valence-electron chi connectivity index (χ3n) is 5.19. The fourth-order valence-electron chi connectivity index (χ4n) is 3.10. The zero-order chi connectivity index (χ0) is 24.0. The van der Waals surface area contributed by atoms with E-state index in [4.69, 9.17) is 9.47 Å². The molecule has 8 heteroatoms.